The van der Waals surface area contributed by atoms with Crippen molar-refractivity contribution in [2.24, 2.45) is 12.0 Å². The average molecular weight is 352 g/mol. The first-order valence-corrected chi connectivity index (χ1v) is 9.54. The lowest BCUT2D eigenvalue weighted by Crippen LogP contribution is -2.46. The molecule has 26 heavy (non-hydrogen) atoms. The molecule has 1 saturated carbocycles. The van der Waals surface area contributed by atoms with Crippen molar-refractivity contribution in [2.45, 2.75) is 50.3 Å². The van der Waals surface area contributed by atoms with Gasteiger partial charge in [0.25, 0.3) is 0 Å². The summed E-state index contributed by atoms with van der Waals surface area (Å²) in [5.41, 5.74) is 2.45. The van der Waals surface area contributed by atoms with Gasteiger partial charge in [-0.2, -0.15) is 0 Å². The number of rotatable bonds is 3. The first-order chi connectivity index (χ1) is 12.7. The lowest BCUT2D eigenvalue weighted by atomic mass is 9.86. The number of guanidine groups is 1. The molecule has 1 aromatic heterocycles. The Bertz CT molecular complexity index is 789. The van der Waals surface area contributed by atoms with Crippen LogP contribution in [0.25, 0.3) is 0 Å². The van der Waals surface area contributed by atoms with Gasteiger partial charge in [-0.25, -0.2) is 0 Å². The number of fused-ring (bicyclic) bond motifs is 1. The van der Waals surface area contributed by atoms with E-state index in [1.807, 2.05) is 7.05 Å². The first kappa shape index (κ1) is 17.0. The zero-order valence-corrected chi connectivity index (χ0v) is 15.7. The fourth-order valence-corrected chi connectivity index (χ4v) is 4.29. The van der Waals surface area contributed by atoms with E-state index >= 15 is 0 Å². The van der Waals surface area contributed by atoms with E-state index < -0.39 is 0 Å². The third kappa shape index (κ3) is 3.30. The van der Waals surface area contributed by atoms with Crippen molar-refractivity contribution in [1.82, 2.24) is 15.2 Å². The number of nitrogens with zero attached hydrogens (tertiary/aromatic N) is 2. The third-order valence-electron chi connectivity index (χ3n) is 5.73. The van der Waals surface area contributed by atoms with Gasteiger partial charge in [-0.15, -0.1) is 0 Å². The number of hydrogen-bond acceptors (Lipinski definition) is 2. The summed E-state index contributed by atoms with van der Waals surface area (Å²) in [4.78, 5) is 4.44. The van der Waals surface area contributed by atoms with Gasteiger partial charge < -0.3 is 19.9 Å². The molecule has 0 bridgehead atoms. The summed E-state index contributed by atoms with van der Waals surface area (Å²) >= 11 is 0. The molecule has 5 heteroatoms. The highest BCUT2D eigenvalue weighted by atomic mass is 16.5. The van der Waals surface area contributed by atoms with E-state index in [1.165, 1.54) is 24.1 Å². The Morgan fingerprint density at radius 1 is 1.23 bits per heavy atom. The molecule has 1 aliphatic heterocycles. The minimum Gasteiger partial charge on any atom is -0.487 e. The molecule has 1 aromatic carbocycles. The van der Waals surface area contributed by atoms with Crippen LogP contribution in [0, 0.1) is 0 Å². The van der Waals surface area contributed by atoms with Crippen LogP contribution in [0.5, 0.6) is 5.75 Å². The summed E-state index contributed by atoms with van der Waals surface area (Å²) in [5.74, 6) is 1.86. The van der Waals surface area contributed by atoms with Crippen molar-refractivity contribution in [1.29, 1.82) is 0 Å². The fraction of sp³-hybridized carbons (Fsp3) is 0.476. The highest BCUT2D eigenvalue weighted by molar-refractivity contribution is 5.80. The van der Waals surface area contributed by atoms with Crippen molar-refractivity contribution in [3.63, 3.8) is 0 Å². The van der Waals surface area contributed by atoms with Crippen LogP contribution >= 0.6 is 0 Å². The molecule has 1 fully saturated rings. The summed E-state index contributed by atoms with van der Waals surface area (Å²) in [6, 6.07) is 12.8. The molecule has 0 saturated heterocycles. The number of benzene rings is 1. The van der Waals surface area contributed by atoms with Gasteiger partial charge in [0, 0.05) is 38.0 Å². The molecular weight excluding hydrogens is 324 g/mol. The van der Waals surface area contributed by atoms with E-state index in [2.05, 4.69) is 69.8 Å². The summed E-state index contributed by atoms with van der Waals surface area (Å²) in [6.07, 6.45) is 7.87. The molecule has 1 unspecified atom stereocenters. The molecule has 2 aliphatic rings. The number of hydrogen-bond donors (Lipinski definition) is 2. The second kappa shape index (κ2) is 7.06. The standard InChI is InChI=1S/C21H28N4O/c1-22-20(23-15-16-8-7-13-25(16)2)24-18-14-21(11-5-6-12-21)26-19-10-4-3-9-17(18)19/h3-4,7-10,13,18H,5-6,11-12,14-15H2,1-2H3,(H2,22,23,24). The molecule has 1 aliphatic carbocycles. The molecule has 0 amide bonds. The highest BCUT2D eigenvalue weighted by Gasteiger charge is 2.43. The predicted molar refractivity (Wildman–Crippen MR) is 104 cm³/mol. The zero-order chi connectivity index (χ0) is 18.0. The average Bonchev–Trinajstić information content (AvgIpc) is 3.27. The molecular formula is C21H28N4O. The normalized spacial score (nSPS) is 21.3. The van der Waals surface area contributed by atoms with Gasteiger partial charge >= 0.3 is 0 Å². The molecule has 2 aromatic rings. The Hall–Kier alpha value is -2.43. The second-order valence-corrected chi connectivity index (χ2v) is 7.47. The Balaban J connectivity index is 1.51. The van der Waals surface area contributed by atoms with Gasteiger partial charge in [-0.1, -0.05) is 18.2 Å². The third-order valence-corrected chi connectivity index (χ3v) is 5.73. The minimum atomic E-state index is -0.0109. The molecule has 5 nitrogen and oxygen atoms in total. The lowest BCUT2D eigenvalue weighted by molar-refractivity contribution is 0.0396. The van der Waals surface area contributed by atoms with Crippen molar-refractivity contribution in [3.05, 3.63) is 53.9 Å². The van der Waals surface area contributed by atoms with Crippen molar-refractivity contribution >= 4 is 5.96 Å². The molecule has 1 atom stereocenters. The van der Waals surface area contributed by atoms with Crippen LogP contribution in [0.15, 0.2) is 47.6 Å². The highest BCUT2D eigenvalue weighted by Crippen LogP contribution is 2.46. The molecule has 4 rings (SSSR count). The maximum atomic E-state index is 6.46. The van der Waals surface area contributed by atoms with Gasteiger partial charge in [0.2, 0.25) is 0 Å². The van der Waals surface area contributed by atoms with Gasteiger partial charge in [0.1, 0.15) is 11.4 Å². The minimum absolute atomic E-state index is 0.0109. The van der Waals surface area contributed by atoms with Crippen LogP contribution in [0.3, 0.4) is 0 Å². The van der Waals surface area contributed by atoms with Crippen molar-refractivity contribution in [2.75, 3.05) is 7.05 Å². The number of aliphatic imine (C=N–C) groups is 1. The maximum Gasteiger partial charge on any atom is 0.191 e. The SMILES string of the molecule is CN=C(NCc1cccn1C)NC1CC2(CCCC2)Oc2ccccc21. The van der Waals surface area contributed by atoms with E-state index in [4.69, 9.17) is 4.74 Å². The molecule has 2 heterocycles. The topological polar surface area (TPSA) is 50.6 Å². The molecule has 1 spiro atoms. The van der Waals surface area contributed by atoms with Gasteiger partial charge in [0.15, 0.2) is 5.96 Å². The number of aromatic nitrogens is 1. The van der Waals surface area contributed by atoms with Crippen LogP contribution in [-0.4, -0.2) is 23.2 Å². The zero-order valence-electron chi connectivity index (χ0n) is 15.7. The Morgan fingerprint density at radius 2 is 2.04 bits per heavy atom. The first-order valence-electron chi connectivity index (χ1n) is 9.54. The summed E-state index contributed by atoms with van der Waals surface area (Å²) in [5, 5.41) is 7.09. The smallest absolute Gasteiger partial charge is 0.191 e. The number of nitrogens with one attached hydrogen (secondary N) is 2. The fourth-order valence-electron chi connectivity index (χ4n) is 4.29. The van der Waals surface area contributed by atoms with E-state index in [0.717, 1.165) is 37.5 Å². The number of aryl methyl sites for hydroxylation is 1. The van der Waals surface area contributed by atoms with E-state index in [1.54, 1.807) is 0 Å². The largest absolute Gasteiger partial charge is 0.487 e. The lowest BCUT2D eigenvalue weighted by Gasteiger charge is -2.40. The monoisotopic (exact) mass is 352 g/mol. The summed E-state index contributed by atoms with van der Waals surface area (Å²) < 4.78 is 8.58. The van der Waals surface area contributed by atoms with E-state index in [-0.39, 0.29) is 11.6 Å². The van der Waals surface area contributed by atoms with Crippen LogP contribution in [-0.2, 0) is 13.6 Å². The van der Waals surface area contributed by atoms with Crippen LogP contribution in [0.4, 0.5) is 0 Å². The Morgan fingerprint density at radius 3 is 2.77 bits per heavy atom. The summed E-state index contributed by atoms with van der Waals surface area (Å²) in [7, 11) is 3.89. The van der Waals surface area contributed by atoms with Crippen molar-refractivity contribution < 1.29 is 4.74 Å². The van der Waals surface area contributed by atoms with Gasteiger partial charge in [-0.3, -0.25) is 4.99 Å². The molecule has 2 N–H and O–H groups in total. The number of para-hydroxylation sites is 1. The maximum absolute atomic E-state index is 6.46. The number of ether oxygens (including phenoxy) is 1. The van der Waals surface area contributed by atoms with Crippen molar-refractivity contribution in [3.8, 4) is 5.75 Å². The Labute approximate surface area is 155 Å². The molecule has 0 radical (unpaired) electrons. The second-order valence-electron chi connectivity index (χ2n) is 7.47. The molecule has 138 valence electrons. The predicted octanol–water partition coefficient (Wildman–Crippen LogP) is 3.53. The van der Waals surface area contributed by atoms with Crippen LogP contribution in [0.2, 0.25) is 0 Å². The van der Waals surface area contributed by atoms with E-state index in [0.29, 0.717) is 0 Å². The van der Waals surface area contributed by atoms with Crippen LogP contribution < -0.4 is 15.4 Å². The van der Waals surface area contributed by atoms with E-state index in [9.17, 15) is 0 Å². The quantitative estimate of drug-likeness (QED) is 0.656. The van der Waals surface area contributed by atoms with Gasteiger partial charge in [0.05, 0.1) is 12.6 Å². The van der Waals surface area contributed by atoms with Crippen LogP contribution in [0.1, 0.15) is 49.4 Å². The summed E-state index contributed by atoms with van der Waals surface area (Å²) in [6.45, 7) is 0.749. The Kier molecular flexibility index (Phi) is 4.62. The van der Waals surface area contributed by atoms with Gasteiger partial charge in [-0.05, 0) is 43.9 Å².